The lowest BCUT2D eigenvalue weighted by molar-refractivity contribution is -0.402. The summed E-state index contributed by atoms with van der Waals surface area (Å²) in [5, 5.41) is 24.4. The van der Waals surface area contributed by atoms with Crippen LogP contribution < -0.4 is 5.32 Å². The van der Waals surface area contributed by atoms with Gasteiger partial charge in [0.2, 0.25) is 0 Å². The highest BCUT2D eigenvalue weighted by molar-refractivity contribution is 5.64. The van der Waals surface area contributed by atoms with E-state index in [9.17, 15) is 20.2 Å². The van der Waals surface area contributed by atoms with Gasteiger partial charge in [0.15, 0.2) is 0 Å². The summed E-state index contributed by atoms with van der Waals surface area (Å²) in [6.07, 6.45) is 0. The third-order valence-corrected chi connectivity index (χ3v) is 3.09. The van der Waals surface area contributed by atoms with E-state index in [0.717, 1.165) is 11.1 Å². The first-order valence-electron chi connectivity index (χ1n) is 6.11. The summed E-state index contributed by atoms with van der Waals surface area (Å²) in [6, 6.07) is 5.86. The zero-order chi connectivity index (χ0) is 15.6. The molecule has 0 spiro atoms. The lowest BCUT2D eigenvalue weighted by Gasteiger charge is -2.08. The van der Waals surface area contributed by atoms with Gasteiger partial charge in [0.25, 0.3) is 5.69 Å². The van der Waals surface area contributed by atoms with Crippen molar-refractivity contribution in [3.63, 3.8) is 0 Å². The summed E-state index contributed by atoms with van der Waals surface area (Å²) in [7, 11) is 0. The SMILES string of the molecule is Cc1cc(NCc2ccc([N+](=O)[O-])o2)c([N+](=O)[O-])cc1C. The van der Waals surface area contributed by atoms with Gasteiger partial charge in [0.1, 0.15) is 16.4 Å². The Labute approximate surface area is 119 Å². The molecule has 2 aromatic rings. The average molecular weight is 291 g/mol. The minimum atomic E-state index is -0.637. The van der Waals surface area contributed by atoms with E-state index < -0.39 is 9.85 Å². The van der Waals surface area contributed by atoms with Gasteiger partial charge in [-0.1, -0.05) is 0 Å². The monoisotopic (exact) mass is 291 g/mol. The summed E-state index contributed by atoms with van der Waals surface area (Å²) in [4.78, 5) is 20.4. The van der Waals surface area contributed by atoms with Gasteiger partial charge in [-0.3, -0.25) is 20.2 Å². The van der Waals surface area contributed by atoms with Crippen LogP contribution in [0.1, 0.15) is 16.9 Å². The van der Waals surface area contributed by atoms with E-state index in [1.54, 1.807) is 13.0 Å². The Kier molecular flexibility index (Phi) is 3.88. The van der Waals surface area contributed by atoms with Crippen molar-refractivity contribution < 1.29 is 14.3 Å². The number of hydrogen-bond acceptors (Lipinski definition) is 6. The Bertz CT molecular complexity index is 708. The van der Waals surface area contributed by atoms with Crippen molar-refractivity contribution in [2.45, 2.75) is 20.4 Å². The predicted octanol–water partition coefficient (Wildman–Crippen LogP) is 3.32. The molecule has 21 heavy (non-hydrogen) atoms. The highest BCUT2D eigenvalue weighted by atomic mass is 16.6. The van der Waals surface area contributed by atoms with Crippen LogP contribution in [0.5, 0.6) is 0 Å². The van der Waals surface area contributed by atoms with E-state index in [0.29, 0.717) is 11.4 Å². The summed E-state index contributed by atoms with van der Waals surface area (Å²) in [5.74, 6) is -0.0318. The maximum Gasteiger partial charge on any atom is 0.433 e. The van der Waals surface area contributed by atoms with Crippen LogP contribution in [0.25, 0.3) is 0 Å². The number of aryl methyl sites for hydroxylation is 2. The summed E-state index contributed by atoms with van der Waals surface area (Å²) >= 11 is 0. The Hall–Kier alpha value is -2.90. The average Bonchev–Trinajstić information content (AvgIpc) is 2.88. The minimum Gasteiger partial charge on any atom is -0.404 e. The van der Waals surface area contributed by atoms with Crippen LogP contribution in [-0.4, -0.2) is 9.85 Å². The second-order valence-electron chi connectivity index (χ2n) is 4.56. The first kappa shape index (κ1) is 14.5. The quantitative estimate of drug-likeness (QED) is 0.668. The van der Waals surface area contributed by atoms with Crippen LogP contribution in [0.15, 0.2) is 28.7 Å². The molecule has 0 fully saturated rings. The molecule has 1 aromatic carbocycles. The molecule has 0 aliphatic rings. The second kappa shape index (κ2) is 5.61. The number of hydrogen-bond donors (Lipinski definition) is 1. The minimum absolute atomic E-state index is 0.0424. The Balaban J connectivity index is 2.20. The predicted molar refractivity (Wildman–Crippen MR) is 75.3 cm³/mol. The molecule has 0 radical (unpaired) electrons. The number of rotatable bonds is 5. The number of furan rings is 1. The Morgan fingerprint density at radius 2 is 1.76 bits per heavy atom. The van der Waals surface area contributed by atoms with Crippen LogP contribution in [0.4, 0.5) is 17.3 Å². The van der Waals surface area contributed by atoms with Crippen molar-refractivity contribution in [3.8, 4) is 0 Å². The standard InChI is InChI=1S/C13H13N3O5/c1-8-5-11(12(15(17)18)6-9(8)2)14-7-10-3-4-13(21-10)16(19)20/h3-6,14H,7H2,1-2H3. The number of nitrogens with zero attached hydrogens (tertiary/aromatic N) is 2. The third kappa shape index (κ3) is 3.16. The molecule has 0 atom stereocenters. The topological polar surface area (TPSA) is 111 Å². The fourth-order valence-corrected chi connectivity index (χ4v) is 1.84. The molecule has 0 unspecified atom stereocenters. The molecule has 1 N–H and O–H groups in total. The normalized spacial score (nSPS) is 10.4. The van der Waals surface area contributed by atoms with Gasteiger partial charge in [-0.2, -0.15) is 0 Å². The van der Waals surface area contributed by atoms with Crippen molar-refractivity contribution in [1.82, 2.24) is 0 Å². The van der Waals surface area contributed by atoms with Gasteiger partial charge in [0, 0.05) is 6.07 Å². The van der Waals surface area contributed by atoms with E-state index in [4.69, 9.17) is 4.42 Å². The van der Waals surface area contributed by atoms with Crippen LogP contribution >= 0.6 is 0 Å². The highest BCUT2D eigenvalue weighted by Gasteiger charge is 2.17. The molecule has 0 aliphatic carbocycles. The molecular weight excluding hydrogens is 278 g/mol. The molecule has 0 aliphatic heterocycles. The van der Waals surface area contributed by atoms with Gasteiger partial charge in [-0.05, 0) is 37.1 Å². The number of nitro benzene ring substituents is 1. The first-order chi connectivity index (χ1) is 9.88. The van der Waals surface area contributed by atoms with E-state index in [-0.39, 0.29) is 18.1 Å². The van der Waals surface area contributed by atoms with Crippen LogP contribution in [0.3, 0.4) is 0 Å². The maximum absolute atomic E-state index is 11.0. The highest BCUT2D eigenvalue weighted by Crippen LogP contribution is 2.28. The Morgan fingerprint density at radius 3 is 2.33 bits per heavy atom. The van der Waals surface area contributed by atoms with Crippen molar-refractivity contribution in [1.29, 1.82) is 0 Å². The number of benzene rings is 1. The van der Waals surface area contributed by atoms with Gasteiger partial charge in [-0.25, -0.2) is 0 Å². The molecule has 0 amide bonds. The molecule has 110 valence electrons. The fraction of sp³-hybridized carbons (Fsp3) is 0.231. The van der Waals surface area contributed by atoms with E-state index in [1.807, 2.05) is 6.92 Å². The van der Waals surface area contributed by atoms with E-state index in [2.05, 4.69) is 5.32 Å². The zero-order valence-corrected chi connectivity index (χ0v) is 11.5. The molecule has 2 rings (SSSR count). The number of anilines is 1. The molecule has 8 nitrogen and oxygen atoms in total. The lowest BCUT2D eigenvalue weighted by atomic mass is 10.1. The summed E-state index contributed by atoms with van der Waals surface area (Å²) in [6.45, 7) is 3.77. The second-order valence-corrected chi connectivity index (χ2v) is 4.56. The Morgan fingerprint density at radius 1 is 1.10 bits per heavy atom. The third-order valence-electron chi connectivity index (χ3n) is 3.09. The van der Waals surface area contributed by atoms with Crippen molar-refractivity contribution >= 4 is 17.3 Å². The smallest absolute Gasteiger partial charge is 0.404 e. The lowest BCUT2D eigenvalue weighted by Crippen LogP contribution is -2.03. The molecule has 1 heterocycles. The van der Waals surface area contributed by atoms with Gasteiger partial charge in [0.05, 0.1) is 17.5 Å². The van der Waals surface area contributed by atoms with Gasteiger partial charge < -0.3 is 9.73 Å². The van der Waals surface area contributed by atoms with Crippen molar-refractivity contribution in [2.75, 3.05) is 5.32 Å². The van der Waals surface area contributed by atoms with E-state index in [1.165, 1.54) is 18.2 Å². The molecule has 0 bridgehead atoms. The maximum atomic E-state index is 11.0. The van der Waals surface area contributed by atoms with Gasteiger partial charge in [-0.15, -0.1) is 0 Å². The molecule has 0 saturated carbocycles. The van der Waals surface area contributed by atoms with Crippen molar-refractivity contribution in [2.24, 2.45) is 0 Å². The zero-order valence-electron chi connectivity index (χ0n) is 11.5. The fourth-order valence-electron chi connectivity index (χ4n) is 1.84. The largest absolute Gasteiger partial charge is 0.433 e. The summed E-state index contributed by atoms with van der Waals surface area (Å²) in [5.41, 5.74) is 2.04. The molecule has 1 aromatic heterocycles. The van der Waals surface area contributed by atoms with Crippen LogP contribution in [0, 0.1) is 34.1 Å². The first-order valence-corrected chi connectivity index (χ1v) is 6.11. The molecular formula is C13H13N3O5. The van der Waals surface area contributed by atoms with Crippen LogP contribution in [0.2, 0.25) is 0 Å². The molecule has 8 heteroatoms. The molecule has 0 saturated heterocycles. The van der Waals surface area contributed by atoms with Crippen molar-refractivity contribution in [3.05, 3.63) is 61.4 Å². The number of nitro groups is 2. The van der Waals surface area contributed by atoms with Gasteiger partial charge >= 0.3 is 5.88 Å². The number of nitrogens with one attached hydrogen (secondary N) is 1. The summed E-state index contributed by atoms with van der Waals surface area (Å²) < 4.78 is 4.99. The van der Waals surface area contributed by atoms with Crippen LogP contribution in [-0.2, 0) is 6.54 Å². The van der Waals surface area contributed by atoms with E-state index >= 15 is 0 Å².